The summed E-state index contributed by atoms with van der Waals surface area (Å²) in [6, 6.07) is 6.11. The summed E-state index contributed by atoms with van der Waals surface area (Å²) in [4.78, 5) is 17.4. The molecule has 0 bridgehead atoms. The maximum Gasteiger partial charge on any atom is 0.255 e. The molecule has 116 valence electrons. The first kappa shape index (κ1) is 16.7. The van der Waals surface area contributed by atoms with Gasteiger partial charge in [-0.15, -0.1) is 0 Å². The van der Waals surface area contributed by atoms with Gasteiger partial charge in [-0.25, -0.2) is 4.39 Å². The van der Waals surface area contributed by atoms with Crippen molar-refractivity contribution in [3.05, 3.63) is 63.6 Å². The molecule has 0 aliphatic heterocycles. The number of amides is 1. The fourth-order valence-electron chi connectivity index (χ4n) is 1.94. The molecule has 0 aliphatic carbocycles. The fraction of sp³-hybridized carbons (Fsp3) is 0.200. The summed E-state index contributed by atoms with van der Waals surface area (Å²) in [7, 11) is 0. The molecule has 1 heterocycles. The number of halogens is 3. The van der Waals surface area contributed by atoms with E-state index in [1.165, 1.54) is 11.1 Å². The van der Waals surface area contributed by atoms with Gasteiger partial charge in [-0.05, 0) is 23.8 Å². The molecule has 2 rings (SSSR count). The Hall–Kier alpha value is -1.69. The lowest BCUT2D eigenvalue weighted by atomic mass is 10.2. The summed E-state index contributed by atoms with van der Waals surface area (Å²) >= 11 is 11.8. The largest absolute Gasteiger partial charge is 0.395 e. The summed E-state index contributed by atoms with van der Waals surface area (Å²) in [5.41, 5.74) is 0.870. The van der Waals surface area contributed by atoms with Crippen LogP contribution in [0.4, 0.5) is 4.39 Å². The van der Waals surface area contributed by atoms with Crippen LogP contribution >= 0.6 is 23.2 Å². The molecule has 0 aliphatic rings. The van der Waals surface area contributed by atoms with Gasteiger partial charge >= 0.3 is 0 Å². The summed E-state index contributed by atoms with van der Waals surface area (Å²) in [6.07, 6.45) is 2.30. The van der Waals surface area contributed by atoms with E-state index < -0.39 is 11.7 Å². The Morgan fingerprint density at radius 1 is 1.23 bits per heavy atom. The molecule has 1 aromatic carbocycles. The molecule has 0 spiro atoms. The Morgan fingerprint density at radius 2 is 2.00 bits per heavy atom. The van der Waals surface area contributed by atoms with Crippen LogP contribution in [0.1, 0.15) is 15.9 Å². The minimum atomic E-state index is -0.593. The van der Waals surface area contributed by atoms with Crippen LogP contribution in [0.3, 0.4) is 0 Å². The molecule has 1 aromatic heterocycles. The minimum Gasteiger partial charge on any atom is -0.395 e. The Kier molecular flexibility index (Phi) is 5.71. The molecule has 7 heteroatoms. The quantitative estimate of drug-likeness (QED) is 0.907. The third-order valence-electron chi connectivity index (χ3n) is 2.97. The highest BCUT2D eigenvalue weighted by molar-refractivity contribution is 6.42. The van der Waals surface area contributed by atoms with Gasteiger partial charge in [-0.1, -0.05) is 29.3 Å². The average Bonchev–Trinajstić information content (AvgIpc) is 2.50. The summed E-state index contributed by atoms with van der Waals surface area (Å²) in [5, 5.41) is 9.93. The molecule has 0 fully saturated rings. The van der Waals surface area contributed by atoms with Crippen molar-refractivity contribution < 1.29 is 14.3 Å². The highest BCUT2D eigenvalue weighted by Crippen LogP contribution is 2.23. The molecule has 22 heavy (non-hydrogen) atoms. The van der Waals surface area contributed by atoms with E-state index in [2.05, 4.69) is 4.98 Å². The molecule has 0 radical (unpaired) electrons. The van der Waals surface area contributed by atoms with Crippen LogP contribution in [0.2, 0.25) is 10.0 Å². The van der Waals surface area contributed by atoms with Gasteiger partial charge in [-0.2, -0.15) is 0 Å². The number of carbonyl (C=O) groups excluding carboxylic acids is 1. The van der Waals surface area contributed by atoms with Crippen LogP contribution in [0.25, 0.3) is 0 Å². The zero-order chi connectivity index (χ0) is 16.1. The zero-order valence-electron chi connectivity index (χ0n) is 11.5. The smallest absolute Gasteiger partial charge is 0.255 e. The number of aliphatic hydroxyl groups excluding tert-OH is 1. The average molecular weight is 343 g/mol. The van der Waals surface area contributed by atoms with Crippen molar-refractivity contribution in [3.63, 3.8) is 0 Å². The number of benzene rings is 1. The highest BCUT2D eigenvalue weighted by Gasteiger charge is 2.17. The van der Waals surface area contributed by atoms with E-state index in [1.807, 2.05) is 0 Å². The molecular formula is C15H13Cl2FN2O2. The van der Waals surface area contributed by atoms with Crippen molar-refractivity contribution in [1.82, 2.24) is 9.88 Å². The van der Waals surface area contributed by atoms with Crippen LogP contribution in [0, 0.1) is 5.82 Å². The van der Waals surface area contributed by atoms with Gasteiger partial charge in [0.05, 0.1) is 28.4 Å². The lowest BCUT2D eigenvalue weighted by Gasteiger charge is -2.22. The first-order valence-electron chi connectivity index (χ1n) is 6.46. The Labute approximate surface area is 137 Å². The van der Waals surface area contributed by atoms with E-state index >= 15 is 0 Å². The topological polar surface area (TPSA) is 53.4 Å². The maximum absolute atomic E-state index is 13.2. The van der Waals surface area contributed by atoms with E-state index in [0.29, 0.717) is 10.0 Å². The van der Waals surface area contributed by atoms with Gasteiger partial charge in [-0.3, -0.25) is 9.78 Å². The summed E-state index contributed by atoms with van der Waals surface area (Å²) in [6.45, 7) is 0.109. The monoisotopic (exact) mass is 342 g/mol. The van der Waals surface area contributed by atoms with E-state index in [9.17, 15) is 9.18 Å². The second-order valence-corrected chi connectivity index (χ2v) is 5.41. The number of aliphatic hydroxyl groups is 1. The van der Waals surface area contributed by atoms with E-state index in [0.717, 1.165) is 17.8 Å². The third-order valence-corrected chi connectivity index (χ3v) is 3.71. The second-order valence-electron chi connectivity index (χ2n) is 4.59. The minimum absolute atomic E-state index is 0.107. The number of rotatable bonds is 5. The number of hydrogen-bond donors (Lipinski definition) is 1. The maximum atomic E-state index is 13.2. The Morgan fingerprint density at radius 3 is 2.64 bits per heavy atom. The summed E-state index contributed by atoms with van der Waals surface area (Å²) in [5.74, 6) is -1.02. The molecule has 0 atom stereocenters. The van der Waals surface area contributed by atoms with E-state index in [-0.39, 0.29) is 25.3 Å². The van der Waals surface area contributed by atoms with Crippen LogP contribution in [0.15, 0.2) is 36.7 Å². The zero-order valence-corrected chi connectivity index (χ0v) is 13.0. The number of pyridine rings is 1. The third kappa shape index (κ3) is 4.16. The van der Waals surface area contributed by atoms with Gasteiger partial charge in [0.25, 0.3) is 5.91 Å². The molecular weight excluding hydrogens is 330 g/mol. The Bertz CT molecular complexity index is 682. The molecule has 1 N–H and O–H groups in total. The van der Waals surface area contributed by atoms with Crippen molar-refractivity contribution in [2.75, 3.05) is 13.2 Å². The van der Waals surface area contributed by atoms with Crippen LogP contribution < -0.4 is 0 Å². The summed E-state index contributed by atoms with van der Waals surface area (Å²) < 4.78 is 13.2. The molecule has 0 unspecified atom stereocenters. The van der Waals surface area contributed by atoms with Crippen LogP contribution in [-0.2, 0) is 6.54 Å². The SMILES string of the molecule is O=C(c1cncc(F)c1)N(CCO)Cc1ccc(Cl)c(Cl)c1. The molecule has 0 saturated heterocycles. The molecule has 1 amide bonds. The van der Waals surface area contributed by atoms with Gasteiger partial charge in [0.1, 0.15) is 5.82 Å². The number of carbonyl (C=O) groups is 1. The highest BCUT2D eigenvalue weighted by atomic mass is 35.5. The molecule has 0 saturated carbocycles. The van der Waals surface area contributed by atoms with Crippen LogP contribution in [-0.4, -0.2) is 34.0 Å². The van der Waals surface area contributed by atoms with Crippen molar-refractivity contribution in [1.29, 1.82) is 0 Å². The first-order valence-corrected chi connectivity index (χ1v) is 7.21. The second kappa shape index (κ2) is 7.54. The first-order chi connectivity index (χ1) is 10.5. The number of aromatic nitrogens is 1. The van der Waals surface area contributed by atoms with Crippen molar-refractivity contribution >= 4 is 29.1 Å². The van der Waals surface area contributed by atoms with Gasteiger partial charge in [0, 0.05) is 19.3 Å². The predicted molar refractivity (Wildman–Crippen MR) is 82.5 cm³/mol. The van der Waals surface area contributed by atoms with E-state index in [1.54, 1.807) is 18.2 Å². The lowest BCUT2D eigenvalue weighted by molar-refractivity contribution is 0.0707. The predicted octanol–water partition coefficient (Wildman–Crippen LogP) is 3.16. The molecule has 2 aromatic rings. The Balaban J connectivity index is 2.22. The van der Waals surface area contributed by atoms with Crippen LogP contribution in [0.5, 0.6) is 0 Å². The van der Waals surface area contributed by atoms with Crippen molar-refractivity contribution in [3.8, 4) is 0 Å². The fourth-order valence-corrected chi connectivity index (χ4v) is 2.26. The van der Waals surface area contributed by atoms with E-state index in [4.69, 9.17) is 28.3 Å². The van der Waals surface area contributed by atoms with Gasteiger partial charge in [0.15, 0.2) is 0 Å². The van der Waals surface area contributed by atoms with Gasteiger partial charge in [0.2, 0.25) is 0 Å². The van der Waals surface area contributed by atoms with Gasteiger partial charge < -0.3 is 10.0 Å². The number of nitrogens with zero attached hydrogens (tertiary/aromatic N) is 2. The van der Waals surface area contributed by atoms with Crippen molar-refractivity contribution in [2.24, 2.45) is 0 Å². The van der Waals surface area contributed by atoms with Crippen molar-refractivity contribution in [2.45, 2.75) is 6.54 Å². The lowest BCUT2D eigenvalue weighted by Crippen LogP contribution is -2.33. The molecule has 4 nitrogen and oxygen atoms in total. The standard InChI is InChI=1S/C15H13Cl2FN2O2/c16-13-2-1-10(5-14(13)17)9-20(3-4-21)15(22)11-6-12(18)8-19-7-11/h1-2,5-8,21H,3-4,9H2. The normalized spacial score (nSPS) is 10.5. The number of hydrogen-bond acceptors (Lipinski definition) is 3.